The van der Waals surface area contributed by atoms with Crippen molar-refractivity contribution in [3.63, 3.8) is 0 Å². The van der Waals surface area contributed by atoms with Crippen LogP contribution in [0.15, 0.2) is 0 Å². The first-order chi connectivity index (χ1) is 7.46. The second kappa shape index (κ2) is 5.30. The van der Waals surface area contributed by atoms with Gasteiger partial charge in [0.25, 0.3) is 0 Å². The Morgan fingerprint density at radius 2 is 2.06 bits per heavy atom. The molecule has 0 saturated carbocycles. The van der Waals surface area contributed by atoms with Crippen LogP contribution in [0.5, 0.6) is 0 Å². The van der Waals surface area contributed by atoms with E-state index in [-0.39, 0.29) is 6.61 Å². The lowest BCUT2D eigenvalue weighted by atomic mass is 9.98. The topological polar surface area (TPSA) is 66.8 Å². The molecule has 0 aliphatic carbocycles. The molecule has 1 aliphatic heterocycles. The summed E-state index contributed by atoms with van der Waals surface area (Å²) in [7, 11) is 0. The lowest BCUT2D eigenvalue weighted by Gasteiger charge is -2.21. The molecule has 0 aromatic rings. The summed E-state index contributed by atoms with van der Waals surface area (Å²) < 4.78 is 4.66. The molecule has 0 radical (unpaired) electrons. The molecular formula is C11H19NO4. The molecule has 1 unspecified atom stereocenters. The summed E-state index contributed by atoms with van der Waals surface area (Å²) >= 11 is 0. The van der Waals surface area contributed by atoms with E-state index >= 15 is 0 Å². The first-order valence-corrected chi connectivity index (χ1v) is 5.64. The molecule has 5 heteroatoms. The average Bonchev–Trinajstić information content (AvgIpc) is 2.39. The zero-order chi connectivity index (χ0) is 12.2. The Morgan fingerprint density at radius 1 is 1.38 bits per heavy atom. The third-order valence-corrected chi connectivity index (χ3v) is 2.80. The third kappa shape index (κ3) is 3.48. The Hall–Kier alpha value is -1.10. The van der Waals surface area contributed by atoms with Gasteiger partial charge >= 0.3 is 11.9 Å². The second-order valence-electron chi connectivity index (χ2n) is 4.36. The van der Waals surface area contributed by atoms with Crippen LogP contribution in [-0.2, 0) is 14.3 Å². The molecule has 1 rings (SSSR count). The lowest BCUT2D eigenvalue weighted by Crippen LogP contribution is -2.39. The number of hydrogen-bond acceptors (Lipinski definition) is 4. The van der Waals surface area contributed by atoms with Crippen molar-refractivity contribution in [1.29, 1.82) is 0 Å². The van der Waals surface area contributed by atoms with Gasteiger partial charge in [0.1, 0.15) is 0 Å². The van der Waals surface area contributed by atoms with Gasteiger partial charge in [-0.25, -0.2) is 4.79 Å². The number of nitrogens with zero attached hydrogens (tertiary/aromatic N) is 1. The third-order valence-electron chi connectivity index (χ3n) is 2.80. The molecule has 1 saturated heterocycles. The first-order valence-electron chi connectivity index (χ1n) is 5.64. The molecule has 1 aliphatic rings. The largest absolute Gasteiger partial charge is 0.459 e. The molecule has 16 heavy (non-hydrogen) atoms. The number of likely N-dealkylation sites (tertiary alicyclic amines) is 1. The van der Waals surface area contributed by atoms with Gasteiger partial charge in [-0.2, -0.15) is 0 Å². The second-order valence-corrected chi connectivity index (χ2v) is 4.36. The van der Waals surface area contributed by atoms with E-state index in [4.69, 9.17) is 0 Å². The summed E-state index contributed by atoms with van der Waals surface area (Å²) in [6, 6.07) is 0. The Balaban J connectivity index is 2.54. The van der Waals surface area contributed by atoms with Crippen LogP contribution in [0.2, 0.25) is 0 Å². The quantitative estimate of drug-likeness (QED) is 0.519. The highest BCUT2D eigenvalue weighted by Gasteiger charge is 2.30. The Labute approximate surface area is 95.4 Å². The zero-order valence-corrected chi connectivity index (χ0v) is 9.86. The van der Waals surface area contributed by atoms with Crippen molar-refractivity contribution in [2.24, 2.45) is 0 Å². The fourth-order valence-corrected chi connectivity index (χ4v) is 1.79. The van der Waals surface area contributed by atoms with E-state index in [1.807, 2.05) is 0 Å². The van der Waals surface area contributed by atoms with Crippen LogP contribution in [-0.4, -0.2) is 47.2 Å². The van der Waals surface area contributed by atoms with E-state index in [1.165, 1.54) is 4.90 Å². The maximum absolute atomic E-state index is 11.6. The van der Waals surface area contributed by atoms with Gasteiger partial charge < -0.3 is 14.7 Å². The van der Waals surface area contributed by atoms with Crippen molar-refractivity contribution in [3.8, 4) is 0 Å². The molecule has 0 aromatic heterocycles. The highest BCUT2D eigenvalue weighted by molar-refractivity contribution is 6.32. The predicted molar refractivity (Wildman–Crippen MR) is 57.7 cm³/mol. The number of esters is 1. The summed E-state index contributed by atoms with van der Waals surface area (Å²) in [5, 5.41) is 9.84. The maximum Gasteiger partial charge on any atom is 0.397 e. The van der Waals surface area contributed by atoms with E-state index in [2.05, 4.69) is 4.74 Å². The van der Waals surface area contributed by atoms with Gasteiger partial charge in [0, 0.05) is 13.1 Å². The van der Waals surface area contributed by atoms with E-state index in [1.54, 1.807) is 13.8 Å². The maximum atomic E-state index is 11.6. The highest BCUT2D eigenvalue weighted by atomic mass is 16.5. The molecule has 0 spiro atoms. The lowest BCUT2D eigenvalue weighted by molar-refractivity contribution is -0.159. The predicted octanol–water partition coefficient (Wildman–Crippen LogP) is 0.313. The Bertz CT molecular complexity index is 275. The van der Waals surface area contributed by atoms with E-state index in [0.29, 0.717) is 32.4 Å². The van der Waals surface area contributed by atoms with Crippen LogP contribution in [0.1, 0.15) is 33.1 Å². The molecule has 1 amide bonds. The minimum Gasteiger partial charge on any atom is -0.459 e. The monoisotopic (exact) mass is 229 g/mol. The summed E-state index contributed by atoms with van der Waals surface area (Å²) in [6.07, 6.45) is 1.86. The fourth-order valence-electron chi connectivity index (χ4n) is 1.79. The molecular weight excluding hydrogens is 210 g/mol. The first kappa shape index (κ1) is 13.0. The van der Waals surface area contributed by atoms with Crippen LogP contribution in [0.4, 0.5) is 0 Å². The SMILES string of the molecule is CCOC(=O)C(=O)N1CCCC(C)(O)CC1. The van der Waals surface area contributed by atoms with Crippen molar-refractivity contribution < 1.29 is 19.4 Å². The number of carbonyl (C=O) groups excluding carboxylic acids is 2. The van der Waals surface area contributed by atoms with Gasteiger partial charge in [0.05, 0.1) is 12.2 Å². The van der Waals surface area contributed by atoms with Crippen LogP contribution in [0.25, 0.3) is 0 Å². The summed E-state index contributed by atoms with van der Waals surface area (Å²) in [6.45, 7) is 4.54. The summed E-state index contributed by atoms with van der Waals surface area (Å²) in [5.74, 6) is -1.40. The minimum atomic E-state index is -0.802. The normalized spacial score (nSPS) is 26.1. The number of ether oxygens (including phenoxy) is 1. The van der Waals surface area contributed by atoms with Crippen LogP contribution >= 0.6 is 0 Å². The molecule has 92 valence electrons. The Morgan fingerprint density at radius 3 is 2.69 bits per heavy atom. The van der Waals surface area contributed by atoms with Crippen LogP contribution in [0, 0.1) is 0 Å². The zero-order valence-electron chi connectivity index (χ0n) is 9.86. The smallest absolute Gasteiger partial charge is 0.397 e. The van der Waals surface area contributed by atoms with E-state index < -0.39 is 17.5 Å². The number of rotatable bonds is 1. The molecule has 1 atom stereocenters. The molecule has 1 heterocycles. The van der Waals surface area contributed by atoms with Gasteiger partial charge in [-0.05, 0) is 33.1 Å². The van der Waals surface area contributed by atoms with Crippen molar-refractivity contribution >= 4 is 11.9 Å². The van der Waals surface area contributed by atoms with Crippen molar-refractivity contribution in [1.82, 2.24) is 4.90 Å². The van der Waals surface area contributed by atoms with E-state index in [0.717, 1.165) is 0 Å². The summed E-state index contributed by atoms with van der Waals surface area (Å²) in [4.78, 5) is 24.3. The van der Waals surface area contributed by atoms with E-state index in [9.17, 15) is 14.7 Å². The summed E-state index contributed by atoms with van der Waals surface area (Å²) in [5.41, 5.74) is -0.732. The van der Waals surface area contributed by atoms with Crippen molar-refractivity contribution in [3.05, 3.63) is 0 Å². The number of amides is 1. The highest BCUT2D eigenvalue weighted by Crippen LogP contribution is 2.21. The van der Waals surface area contributed by atoms with Gasteiger partial charge in [0.15, 0.2) is 0 Å². The fraction of sp³-hybridized carbons (Fsp3) is 0.818. The molecule has 5 nitrogen and oxygen atoms in total. The van der Waals surface area contributed by atoms with Crippen molar-refractivity contribution in [2.75, 3.05) is 19.7 Å². The van der Waals surface area contributed by atoms with Gasteiger partial charge in [0.2, 0.25) is 0 Å². The number of aliphatic hydroxyl groups is 1. The van der Waals surface area contributed by atoms with Gasteiger partial charge in [-0.15, -0.1) is 0 Å². The molecule has 1 fully saturated rings. The number of carbonyl (C=O) groups is 2. The van der Waals surface area contributed by atoms with Crippen LogP contribution < -0.4 is 0 Å². The molecule has 1 N–H and O–H groups in total. The van der Waals surface area contributed by atoms with Gasteiger partial charge in [-0.1, -0.05) is 0 Å². The minimum absolute atomic E-state index is 0.204. The number of hydrogen-bond donors (Lipinski definition) is 1. The Kier molecular flexibility index (Phi) is 4.29. The standard InChI is InChI=1S/C11H19NO4/c1-3-16-10(14)9(13)12-7-4-5-11(2,15)6-8-12/h15H,3-8H2,1-2H3. The molecule has 0 aromatic carbocycles. The van der Waals surface area contributed by atoms with Crippen LogP contribution in [0.3, 0.4) is 0 Å². The van der Waals surface area contributed by atoms with Crippen molar-refractivity contribution in [2.45, 2.75) is 38.7 Å². The molecule has 0 bridgehead atoms. The van der Waals surface area contributed by atoms with Gasteiger partial charge in [-0.3, -0.25) is 4.79 Å². The average molecular weight is 229 g/mol.